The Morgan fingerprint density at radius 3 is 2.45 bits per heavy atom. The van der Waals surface area contributed by atoms with Crippen LogP contribution in [-0.2, 0) is 0 Å². The summed E-state index contributed by atoms with van der Waals surface area (Å²) in [5.74, 6) is 0.0239. The largest absolute Gasteiger partial charge is 0.459 e. The van der Waals surface area contributed by atoms with E-state index in [0.717, 1.165) is 10.9 Å². The van der Waals surface area contributed by atoms with Crippen molar-refractivity contribution in [1.29, 1.82) is 0 Å². The van der Waals surface area contributed by atoms with Gasteiger partial charge < -0.3 is 9.73 Å². The number of furan rings is 1. The van der Waals surface area contributed by atoms with Crippen LogP contribution in [0, 0.1) is 17.0 Å². The molecule has 4 rings (SSSR count). The second-order valence-electron chi connectivity index (χ2n) is 6.73. The lowest BCUT2D eigenvalue weighted by molar-refractivity contribution is -0.385. The van der Waals surface area contributed by atoms with Gasteiger partial charge in [-0.1, -0.05) is 60.7 Å². The number of rotatable bonds is 5. The van der Waals surface area contributed by atoms with Crippen molar-refractivity contribution in [2.75, 3.05) is 0 Å². The van der Waals surface area contributed by atoms with Gasteiger partial charge in [0.2, 0.25) is 0 Å². The third-order valence-electron chi connectivity index (χ3n) is 4.80. The Kier molecular flexibility index (Phi) is 4.83. The van der Waals surface area contributed by atoms with Crippen LogP contribution in [0.5, 0.6) is 0 Å². The number of nitrogens with zero attached hydrogens (tertiary/aromatic N) is 1. The van der Waals surface area contributed by atoms with Gasteiger partial charge in [0.15, 0.2) is 0 Å². The van der Waals surface area contributed by atoms with Crippen molar-refractivity contribution in [3.63, 3.8) is 0 Å². The fourth-order valence-corrected chi connectivity index (χ4v) is 3.40. The van der Waals surface area contributed by atoms with Crippen molar-refractivity contribution in [2.24, 2.45) is 0 Å². The topological polar surface area (TPSA) is 85.4 Å². The number of hydrogen-bond donors (Lipinski definition) is 1. The highest BCUT2D eigenvalue weighted by atomic mass is 16.6. The molecule has 0 aliphatic carbocycles. The normalized spacial score (nSPS) is 11.9. The Morgan fingerprint density at radius 2 is 1.72 bits per heavy atom. The van der Waals surface area contributed by atoms with Crippen LogP contribution in [0.1, 0.15) is 33.3 Å². The molecule has 0 saturated heterocycles. The summed E-state index contributed by atoms with van der Waals surface area (Å²) in [6.07, 6.45) is 0. The van der Waals surface area contributed by atoms with Crippen molar-refractivity contribution in [2.45, 2.75) is 13.0 Å². The molecule has 1 atom stereocenters. The fourth-order valence-electron chi connectivity index (χ4n) is 3.40. The minimum Gasteiger partial charge on any atom is -0.459 e. The number of benzene rings is 3. The number of aryl methyl sites for hydroxylation is 1. The first kappa shape index (κ1) is 18.4. The molecule has 144 valence electrons. The van der Waals surface area contributed by atoms with Gasteiger partial charge in [0.05, 0.1) is 4.92 Å². The van der Waals surface area contributed by atoms with Gasteiger partial charge in [0.1, 0.15) is 22.9 Å². The van der Waals surface area contributed by atoms with Crippen molar-refractivity contribution in [3.8, 4) is 0 Å². The van der Waals surface area contributed by atoms with Crippen molar-refractivity contribution >= 4 is 22.6 Å². The molecule has 1 unspecified atom stereocenters. The number of amides is 1. The molecule has 0 spiro atoms. The lowest BCUT2D eigenvalue weighted by Crippen LogP contribution is -2.29. The molecule has 1 heterocycles. The van der Waals surface area contributed by atoms with E-state index < -0.39 is 16.9 Å². The third kappa shape index (κ3) is 3.60. The number of nitro groups is 1. The Morgan fingerprint density at radius 1 is 1.00 bits per heavy atom. The van der Waals surface area contributed by atoms with E-state index in [4.69, 9.17) is 4.42 Å². The van der Waals surface area contributed by atoms with E-state index in [9.17, 15) is 14.9 Å². The summed E-state index contributed by atoms with van der Waals surface area (Å²) >= 11 is 0. The van der Waals surface area contributed by atoms with Gasteiger partial charge in [-0.05, 0) is 30.7 Å². The van der Waals surface area contributed by atoms with Crippen LogP contribution in [0.15, 0.2) is 83.3 Å². The molecule has 29 heavy (non-hydrogen) atoms. The molecule has 0 aliphatic heterocycles. The van der Waals surface area contributed by atoms with Gasteiger partial charge >= 0.3 is 0 Å². The summed E-state index contributed by atoms with van der Waals surface area (Å²) in [5, 5.41) is 15.3. The molecule has 6 heteroatoms. The van der Waals surface area contributed by atoms with Gasteiger partial charge in [0, 0.05) is 10.9 Å². The molecule has 0 fully saturated rings. The number of fused-ring (bicyclic) bond motifs is 1. The van der Waals surface area contributed by atoms with Crippen LogP contribution in [0.3, 0.4) is 0 Å². The van der Waals surface area contributed by atoms with Gasteiger partial charge in [0.25, 0.3) is 11.6 Å². The summed E-state index contributed by atoms with van der Waals surface area (Å²) in [7, 11) is 0. The first-order valence-electron chi connectivity index (χ1n) is 9.13. The summed E-state index contributed by atoms with van der Waals surface area (Å²) in [6, 6.07) is 22.9. The van der Waals surface area contributed by atoms with Gasteiger partial charge in [-0.15, -0.1) is 0 Å². The Labute approximate surface area is 166 Å². The predicted molar refractivity (Wildman–Crippen MR) is 110 cm³/mol. The first-order chi connectivity index (χ1) is 14.0. The van der Waals surface area contributed by atoms with Crippen LogP contribution < -0.4 is 5.32 Å². The van der Waals surface area contributed by atoms with Crippen LogP contribution >= 0.6 is 0 Å². The highest BCUT2D eigenvalue weighted by molar-refractivity contribution is 5.99. The summed E-state index contributed by atoms with van der Waals surface area (Å²) in [5.41, 5.74) is 1.78. The smallest absolute Gasteiger partial charge is 0.285 e. The highest BCUT2D eigenvalue weighted by Crippen LogP contribution is 2.30. The summed E-state index contributed by atoms with van der Waals surface area (Å²) < 4.78 is 5.97. The Balaban J connectivity index is 1.76. The molecule has 1 N–H and O–H groups in total. The van der Waals surface area contributed by atoms with E-state index in [1.54, 1.807) is 19.1 Å². The molecule has 4 aromatic rings. The van der Waals surface area contributed by atoms with Crippen molar-refractivity contribution < 1.29 is 14.1 Å². The molecule has 0 bridgehead atoms. The molecule has 1 aromatic heterocycles. The third-order valence-corrected chi connectivity index (χ3v) is 4.80. The average Bonchev–Trinajstić information content (AvgIpc) is 3.16. The SMILES string of the molecule is Cc1cccc(C(=O)NC(c2ccccc2)c2cc3ccccc3o2)c1[N+](=O)[O-]. The number of nitro benzene ring substituents is 1. The van der Waals surface area contributed by atoms with E-state index in [-0.39, 0.29) is 11.3 Å². The van der Waals surface area contributed by atoms with E-state index in [1.807, 2.05) is 60.7 Å². The van der Waals surface area contributed by atoms with Gasteiger partial charge in [-0.3, -0.25) is 14.9 Å². The minimum atomic E-state index is -0.587. The zero-order chi connectivity index (χ0) is 20.4. The molecule has 1 amide bonds. The van der Waals surface area contributed by atoms with Crippen molar-refractivity contribution in [3.05, 3.63) is 111 Å². The van der Waals surface area contributed by atoms with Crippen LogP contribution in [0.2, 0.25) is 0 Å². The second-order valence-corrected chi connectivity index (χ2v) is 6.73. The Hall–Kier alpha value is -3.93. The number of para-hydroxylation sites is 2. The lowest BCUT2D eigenvalue weighted by Gasteiger charge is -2.17. The standard InChI is InChI=1S/C23H18N2O4/c1-15-8-7-12-18(22(15)25(27)28)23(26)24-21(16-9-3-2-4-10-16)20-14-17-11-5-6-13-19(17)29-20/h2-14,21H,1H3,(H,24,26). The monoisotopic (exact) mass is 386 g/mol. The molecular formula is C23H18N2O4. The maximum Gasteiger partial charge on any atom is 0.285 e. The van der Waals surface area contributed by atoms with E-state index in [2.05, 4.69) is 5.32 Å². The zero-order valence-corrected chi connectivity index (χ0v) is 15.7. The quantitative estimate of drug-likeness (QED) is 0.379. The average molecular weight is 386 g/mol. The van der Waals surface area contributed by atoms with Gasteiger partial charge in [-0.25, -0.2) is 0 Å². The Bertz CT molecular complexity index is 1160. The molecule has 6 nitrogen and oxygen atoms in total. The number of carbonyl (C=O) groups excluding carboxylic acids is 1. The van der Waals surface area contributed by atoms with E-state index in [1.165, 1.54) is 6.07 Å². The molecule has 0 radical (unpaired) electrons. The molecular weight excluding hydrogens is 368 g/mol. The highest BCUT2D eigenvalue weighted by Gasteiger charge is 2.27. The maximum absolute atomic E-state index is 13.0. The summed E-state index contributed by atoms with van der Waals surface area (Å²) in [6.45, 7) is 1.61. The van der Waals surface area contributed by atoms with Crippen molar-refractivity contribution in [1.82, 2.24) is 5.32 Å². The number of carbonyl (C=O) groups is 1. The minimum absolute atomic E-state index is 0.0204. The summed E-state index contributed by atoms with van der Waals surface area (Å²) in [4.78, 5) is 24.0. The van der Waals surface area contributed by atoms with Crippen LogP contribution in [0.25, 0.3) is 11.0 Å². The predicted octanol–water partition coefficient (Wildman–Crippen LogP) is 5.17. The van der Waals surface area contributed by atoms with Gasteiger partial charge in [-0.2, -0.15) is 0 Å². The molecule has 0 aliphatic rings. The number of nitrogens with one attached hydrogen (secondary N) is 1. The molecule has 3 aromatic carbocycles. The van der Waals surface area contributed by atoms with E-state index >= 15 is 0 Å². The molecule has 0 saturated carbocycles. The van der Waals surface area contributed by atoms with E-state index in [0.29, 0.717) is 16.9 Å². The second kappa shape index (κ2) is 7.59. The maximum atomic E-state index is 13.0. The van der Waals surface area contributed by atoms with Crippen LogP contribution in [-0.4, -0.2) is 10.8 Å². The first-order valence-corrected chi connectivity index (χ1v) is 9.13. The number of hydrogen-bond acceptors (Lipinski definition) is 4. The van der Waals surface area contributed by atoms with Crippen LogP contribution in [0.4, 0.5) is 5.69 Å². The lowest BCUT2D eigenvalue weighted by atomic mass is 10.0. The fraction of sp³-hybridized carbons (Fsp3) is 0.0870. The zero-order valence-electron chi connectivity index (χ0n) is 15.7.